The highest BCUT2D eigenvalue weighted by molar-refractivity contribution is 5.44. The van der Waals surface area contributed by atoms with Crippen LogP contribution in [-0.4, -0.2) is 48.8 Å². The summed E-state index contributed by atoms with van der Waals surface area (Å²) in [6, 6.07) is 1.84. The number of pyridine rings is 1. The van der Waals surface area contributed by atoms with Crippen LogP contribution in [0.25, 0.3) is 0 Å². The fourth-order valence-electron chi connectivity index (χ4n) is 2.20. The SMILES string of the molecule is CN1CCOC(C(Cc2cnccc2N)NN)C1. The van der Waals surface area contributed by atoms with E-state index in [9.17, 15) is 0 Å². The maximum Gasteiger partial charge on any atom is 0.0871 e. The summed E-state index contributed by atoms with van der Waals surface area (Å²) in [6.45, 7) is 2.57. The van der Waals surface area contributed by atoms with Crippen molar-refractivity contribution in [2.75, 3.05) is 32.5 Å². The van der Waals surface area contributed by atoms with Crippen molar-refractivity contribution in [2.24, 2.45) is 5.84 Å². The molecular formula is C12H21N5O. The van der Waals surface area contributed by atoms with E-state index in [1.54, 1.807) is 18.5 Å². The predicted molar refractivity (Wildman–Crippen MR) is 70.7 cm³/mol. The molecule has 18 heavy (non-hydrogen) atoms. The van der Waals surface area contributed by atoms with Gasteiger partial charge in [-0.25, -0.2) is 0 Å². The average Bonchev–Trinajstić information content (AvgIpc) is 2.38. The number of nitrogens with one attached hydrogen (secondary N) is 1. The number of nitrogens with two attached hydrogens (primary N) is 2. The first-order chi connectivity index (χ1) is 8.70. The summed E-state index contributed by atoms with van der Waals surface area (Å²) in [5.74, 6) is 5.64. The number of hydrogen-bond donors (Lipinski definition) is 3. The Morgan fingerprint density at radius 1 is 1.67 bits per heavy atom. The number of likely N-dealkylation sites (N-methyl/N-ethyl adjacent to an activating group) is 1. The van der Waals surface area contributed by atoms with E-state index < -0.39 is 0 Å². The van der Waals surface area contributed by atoms with Gasteiger partial charge in [-0.1, -0.05) is 0 Å². The second-order valence-electron chi connectivity index (χ2n) is 4.72. The molecule has 2 rings (SSSR count). The van der Waals surface area contributed by atoms with Crippen molar-refractivity contribution in [3.05, 3.63) is 24.0 Å². The fraction of sp³-hybridized carbons (Fsp3) is 0.583. The molecule has 100 valence electrons. The molecule has 2 atom stereocenters. The predicted octanol–water partition coefficient (Wildman–Crippen LogP) is -0.631. The number of hydrogen-bond acceptors (Lipinski definition) is 6. The van der Waals surface area contributed by atoms with Crippen LogP contribution in [-0.2, 0) is 11.2 Å². The van der Waals surface area contributed by atoms with Gasteiger partial charge < -0.3 is 15.4 Å². The van der Waals surface area contributed by atoms with Crippen LogP contribution in [0, 0.1) is 0 Å². The molecule has 2 unspecified atom stereocenters. The minimum absolute atomic E-state index is 0.0410. The lowest BCUT2D eigenvalue weighted by Crippen LogP contribution is -2.54. The molecule has 1 aliphatic heterocycles. The third-order valence-corrected chi connectivity index (χ3v) is 3.34. The maximum absolute atomic E-state index is 5.92. The summed E-state index contributed by atoms with van der Waals surface area (Å²) < 4.78 is 5.77. The van der Waals surface area contributed by atoms with E-state index in [-0.39, 0.29) is 12.1 Å². The number of morpholine rings is 1. The number of anilines is 1. The highest BCUT2D eigenvalue weighted by atomic mass is 16.5. The lowest BCUT2D eigenvalue weighted by Gasteiger charge is -2.35. The van der Waals surface area contributed by atoms with Crippen LogP contribution < -0.4 is 17.0 Å². The number of nitrogens with zero attached hydrogens (tertiary/aromatic N) is 2. The summed E-state index contributed by atoms with van der Waals surface area (Å²) in [4.78, 5) is 6.33. The molecular weight excluding hydrogens is 230 g/mol. The standard InChI is InChI=1S/C12H21N5O/c1-17-4-5-18-12(8-17)11(16-14)6-9-7-15-3-2-10(9)13/h2-3,7,11-12,16H,4-6,8,14H2,1H3,(H2,13,15). The van der Waals surface area contributed by atoms with Crippen molar-refractivity contribution >= 4 is 5.69 Å². The van der Waals surface area contributed by atoms with Crippen molar-refractivity contribution in [3.63, 3.8) is 0 Å². The molecule has 0 aromatic carbocycles. The Bertz CT molecular complexity index is 386. The van der Waals surface area contributed by atoms with E-state index in [2.05, 4.69) is 22.4 Å². The van der Waals surface area contributed by atoms with E-state index in [4.69, 9.17) is 16.3 Å². The Kier molecular flexibility index (Phi) is 4.48. The van der Waals surface area contributed by atoms with Gasteiger partial charge in [0.15, 0.2) is 0 Å². The van der Waals surface area contributed by atoms with Crippen LogP contribution in [0.4, 0.5) is 5.69 Å². The minimum atomic E-state index is 0.0410. The Hall–Kier alpha value is -1.21. The zero-order valence-electron chi connectivity index (χ0n) is 10.7. The molecule has 0 saturated carbocycles. The van der Waals surface area contributed by atoms with Crippen LogP contribution in [0.15, 0.2) is 18.5 Å². The molecule has 0 spiro atoms. The van der Waals surface area contributed by atoms with Gasteiger partial charge in [0.05, 0.1) is 18.8 Å². The summed E-state index contributed by atoms with van der Waals surface area (Å²) >= 11 is 0. The van der Waals surface area contributed by atoms with E-state index in [1.165, 1.54) is 0 Å². The second-order valence-corrected chi connectivity index (χ2v) is 4.72. The largest absolute Gasteiger partial charge is 0.398 e. The van der Waals surface area contributed by atoms with Gasteiger partial charge in [-0.2, -0.15) is 0 Å². The highest BCUT2D eigenvalue weighted by Crippen LogP contribution is 2.15. The molecule has 1 aromatic rings. The Morgan fingerprint density at radius 3 is 3.17 bits per heavy atom. The van der Waals surface area contributed by atoms with Crippen LogP contribution in [0.1, 0.15) is 5.56 Å². The summed E-state index contributed by atoms with van der Waals surface area (Å²) in [5.41, 5.74) is 10.5. The second kappa shape index (κ2) is 6.10. The molecule has 5 N–H and O–H groups in total. The van der Waals surface area contributed by atoms with Gasteiger partial charge in [-0.05, 0) is 25.1 Å². The lowest BCUT2D eigenvalue weighted by atomic mass is 10.0. The Balaban J connectivity index is 2.03. The molecule has 2 heterocycles. The molecule has 1 fully saturated rings. The van der Waals surface area contributed by atoms with Gasteiger partial charge in [-0.15, -0.1) is 0 Å². The van der Waals surface area contributed by atoms with E-state index in [1.807, 2.05) is 0 Å². The van der Waals surface area contributed by atoms with Gasteiger partial charge in [0, 0.05) is 31.2 Å². The number of hydrazine groups is 1. The van der Waals surface area contributed by atoms with E-state index in [0.717, 1.165) is 30.9 Å². The first kappa shape index (κ1) is 13.2. The molecule has 1 saturated heterocycles. The fourth-order valence-corrected chi connectivity index (χ4v) is 2.20. The number of aromatic nitrogens is 1. The molecule has 6 heteroatoms. The van der Waals surface area contributed by atoms with Crippen molar-refractivity contribution < 1.29 is 4.74 Å². The third-order valence-electron chi connectivity index (χ3n) is 3.34. The van der Waals surface area contributed by atoms with Gasteiger partial charge >= 0.3 is 0 Å². The third kappa shape index (κ3) is 3.17. The van der Waals surface area contributed by atoms with Crippen LogP contribution in [0.3, 0.4) is 0 Å². The highest BCUT2D eigenvalue weighted by Gasteiger charge is 2.26. The molecule has 0 aliphatic carbocycles. The molecule has 0 radical (unpaired) electrons. The zero-order valence-corrected chi connectivity index (χ0v) is 10.7. The summed E-state index contributed by atoms with van der Waals surface area (Å²) in [6.07, 6.45) is 4.27. The van der Waals surface area contributed by atoms with Gasteiger partial charge in [-0.3, -0.25) is 16.3 Å². The zero-order chi connectivity index (χ0) is 13.0. The van der Waals surface area contributed by atoms with Crippen LogP contribution >= 0.6 is 0 Å². The smallest absolute Gasteiger partial charge is 0.0871 e. The maximum atomic E-state index is 5.92. The lowest BCUT2D eigenvalue weighted by molar-refractivity contribution is -0.0384. The number of ether oxygens (including phenoxy) is 1. The summed E-state index contributed by atoms with van der Waals surface area (Å²) in [7, 11) is 2.08. The van der Waals surface area contributed by atoms with Crippen molar-refractivity contribution in [1.82, 2.24) is 15.3 Å². The van der Waals surface area contributed by atoms with Crippen LogP contribution in [0.2, 0.25) is 0 Å². The van der Waals surface area contributed by atoms with Gasteiger partial charge in [0.25, 0.3) is 0 Å². The van der Waals surface area contributed by atoms with Gasteiger partial charge in [0.1, 0.15) is 0 Å². The quantitative estimate of drug-likeness (QED) is 0.487. The molecule has 1 aromatic heterocycles. The van der Waals surface area contributed by atoms with Crippen molar-refractivity contribution in [3.8, 4) is 0 Å². The first-order valence-electron chi connectivity index (χ1n) is 6.15. The van der Waals surface area contributed by atoms with Crippen molar-refractivity contribution in [2.45, 2.75) is 18.6 Å². The Labute approximate surface area is 107 Å². The molecule has 1 aliphatic rings. The monoisotopic (exact) mass is 251 g/mol. The molecule has 0 bridgehead atoms. The first-order valence-corrected chi connectivity index (χ1v) is 6.15. The Morgan fingerprint density at radius 2 is 2.50 bits per heavy atom. The minimum Gasteiger partial charge on any atom is -0.398 e. The topological polar surface area (TPSA) is 89.4 Å². The molecule has 0 amide bonds. The van der Waals surface area contributed by atoms with E-state index >= 15 is 0 Å². The summed E-state index contributed by atoms with van der Waals surface area (Å²) in [5, 5.41) is 0. The molecule has 6 nitrogen and oxygen atoms in total. The van der Waals surface area contributed by atoms with Gasteiger partial charge in [0.2, 0.25) is 0 Å². The van der Waals surface area contributed by atoms with Crippen molar-refractivity contribution in [1.29, 1.82) is 0 Å². The average molecular weight is 251 g/mol. The van der Waals surface area contributed by atoms with Crippen LogP contribution in [0.5, 0.6) is 0 Å². The number of nitrogen functional groups attached to an aromatic ring is 1. The normalized spacial score (nSPS) is 22.9. The number of rotatable bonds is 4. The van der Waals surface area contributed by atoms with E-state index in [0.29, 0.717) is 6.42 Å².